The molecule has 0 unspecified atom stereocenters. The molecule has 23 heavy (non-hydrogen) atoms. The van der Waals surface area contributed by atoms with Gasteiger partial charge in [0.1, 0.15) is 5.82 Å². The molecule has 5 heteroatoms. The number of likely N-dealkylation sites (tertiary alicyclic amines) is 1. The van der Waals surface area contributed by atoms with E-state index < -0.39 is 0 Å². The number of rotatable bonds is 3. The van der Waals surface area contributed by atoms with Crippen molar-refractivity contribution in [3.05, 3.63) is 53.6 Å². The number of amides is 1. The molecule has 4 rings (SSSR count). The van der Waals surface area contributed by atoms with Crippen LogP contribution in [-0.2, 0) is 17.9 Å². The largest absolute Gasteiger partial charge is 0.348 e. The molecule has 5 nitrogen and oxygen atoms in total. The van der Waals surface area contributed by atoms with Crippen LogP contribution in [0.25, 0.3) is 0 Å². The van der Waals surface area contributed by atoms with E-state index in [4.69, 9.17) is 0 Å². The summed E-state index contributed by atoms with van der Waals surface area (Å²) in [6, 6.07) is 8.47. The van der Waals surface area contributed by atoms with Gasteiger partial charge in [0.25, 0.3) is 0 Å². The van der Waals surface area contributed by atoms with Crippen LogP contribution in [0.2, 0.25) is 0 Å². The van der Waals surface area contributed by atoms with Crippen molar-refractivity contribution >= 4 is 5.91 Å². The van der Waals surface area contributed by atoms with Crippen molar-refractivity contribution in [1.29, 1.82) is 0 Å². The van der Waals surface area contributed by atoms with Crippen LogP contribution in [0.3, 0.4) is 0 Å². The van der Waals surface area contributed by atoms with Crippen LogP contribution >= 0.6 is 0 Å². The second-order valence-corrected chi connectivity index (χ2v) is 6.57. The van der Waals surface area contributed by atoms with Crippen molar-refractivity contribution in [3.8, 4) is 0 Å². The zero-order valence-electron chi connectivity index (χ0n) is 13.2. The number of hydrogen-bond donors (Lipinski definition) is 1. The lowest BCUT2D eigenvalue weighted by atomic mass is 9.97. The van der Waals surface area contributed by atoms with Gasteiger partial charge in [-0.25, -0.2) is 4.98 Å². The fourth-order valence-corrected chi connectivity index (χ4v) is 3.73. The number of imidazole rings is 1. The van der Waals surface area contributed by atoms with Gasteiger partial charge in [-0.15, -0.1) is 0 Å². The molecule has 1 fully saturated rings. The van der Waals surface area contributed by atoms with Crippen LogP contribution in [0.4, 0.5) is 0 Å². The number of piperidine rings is 1. The zero-order chi connectivity index (χ0) is 15.6. The second-order valence-electron chi connectivity index (χ2n) is 6.57. The van der Waals surface area contributed by atoms with Gasteiger partial charge in [-0.3, -0.25) is 9.69 Å². The summed E-state index contributed by atoms with van der Waals surface area (Å²) < 4.78 is 0. The molecule has 1 N–H and O–H groups in total. The predicted molar refractivity (Wildman–Crippen MR) is 87.7 cm³/mol. The molecule has 1 saturated heterocycles. The summed E-state index contributed by atoms with van der Waals surface area (Å²) in [6.07, 6.45) is 5.80. The minimum atomic E-state index is 0.245. The SMILES string of the molecule is O=C(CN1Cc2ccccc2C1)N1CCC[C@H](c2ncc[nH]2)C1. The minimum Gasteiger partial charge on any atom is -0.348 e. The van der Waals surface area contributed by atoms with Gasteiger partial charge in [-0.2, -0.15) is 0 Å². The molecule has 120 valence electrons. The number of carbonyl (C=O) groups excluding carboxylic acids is 1. The van der Waals surface area contributed by atoms with Crippen molar-refractivity contribution in [1.82, 2.24) is 19.8 Å². The van der Waals surface area contributed by atoms with Crippen LogP contribution in [0.15, 0.2) is 36.7 Å². The molecule has 0 saturated carbocycles. The molecule has 0 radical (unpaired) electrons. The van der Waals surface area contributed by atoms with E-state index in [1.165, 1.54) is 11.1 Å². The lowest BCUT2D eigenvalue weighted by Crippen LogP contribution is -2.43. The highest BCUT2D eigenvalue weighted by atomic mass is 16.2. The van der Waals surface area contributed by atoms with Crippen LogP contribution < -0.4 is 0 Å². The maximum Gasteiger partial charge on any atom is 0.236 e. The molecule has 1 aromatic carbocycles. The lowest BCUT2D eigenvalue weighted by molar-refractivity contribution is -0.133. The highest BCUT2D eigenvalue weighted by Crippen LogP contribution is 2.26. The Morgan fingerprint density at radius 3 is 2.74 bits per heavy atom. The van der Waals surface area contributed by atoms with Crippen LogP contribution in [-0.4, -0.2) is 45.3 Å². The van der Waals surface area contributed by atoms with Crippen molar-refractivity contribution in [2.24, 2.45) is 0 Å². The molecule has 3 heterocycles. The highest BCUT2D eigenvalue weighted by molar-refractivity contribution is 5.78. The second kappa shape index (κ2) is 6.16. The monoisotopic (exact) mass is 310 g/mol. The smallest absolute Gasteiger partial charge is 0.236 e. The highest BCUT2D eigenvalue weighted by Gasteiger charge is 2.28. The summed E-state index contributed by atoms with van der Waals surface area (Å²) in [5, 5.41) is 0. The molecular weight excluding hydrogens is 288 g/mol. The molecular formula is C18H22N4O. The van der Waals surface area contributed by atoms with Gasteiger partial charge >= 0.3 is 0 Å². The maximum atomic E-state index is 12.7. The maximum absolute atomic E-state index is 12.7. The van der Waals surface area contributed by atoms with E-state index >= 15 is 0 Å². The Kier molecular flexibility index (Phi) is 3.87. The molecule has 0 spiro atoms. The van der Waals surface area contributed by atoms with Crippen LogP contribution in [0.5, 0.6) is 0 Å². The first-order valence-electron chi connectivity index (χ1n) is 8.36. The van der Waals surface area contributed by atoms with E-state index in [1.807, 2.05) is 11.1 Å². The van der Waals surface area contributed by atoms with Gasteiger partial charge in [0.05, 0.1) is 6.54 Å². The molecule has 2 aromatic rings. The normalized spacial score (nSPS) is 21.4. The molecule has 1 aromatic heterocycles. The summed E-state index contributed by atoms with van der Waals surface area (Å²) in [7, 11) is 0. The number of fused-ring (bicyclic) bond motifs is 1. The number of nitrogens with zero attached hydrogens (tertiary/aromatic N) is 3. The summed E-state index contributed by atoms with van der Waals surface area (Å²) in [5.74, 6) is 1.60. The number of nitrogens with one attached hydrogen (secondary N) is 1. The first-order valence-corrected chi connectivity index (χ1v) is 8.36. The summed E-state index contributed by atoms with van der Waals surface area (Å²) in [4.78, 5) is 24.5. The average Bonchev–Trinajstić information content (AvgIpc) is 3.24. The number of hydrogen-bond acceptors (Lipinski definition) is 3. The fourth-order valence-electron chi connectivity index (χ4n) is 3.73. The topological polar surface area (TPSA) is 52.2 Å². The van der Waals surface area contributed by atoms with E-state index in [9.17, 15) is 4.79 Å². The van der Waals surface area contributed by atoms with Gasteiger partial charge in [0.2, 0.25) is 5.91 Å². The molecule has 0 bridgehead atoms. The molecule has 2 aliphatic rings. The van der Waals surface area contributed by atoms with Crippen molar-refractivity contribution < 1.29 is 4.79 Å². The Labute approximate surface area is 136 Å². The molecule has 0 aliphatic carbocycles. The molecule has 1 amide bonds. The van der Waals surface area contributed by atoms with Crippen LogP contribution in [0, 0.1) is 0 Å². The summed E-state index contributed by atoms with van der Waals surface area (Å²) >= 11 is 0. The molecule has 2 aliphatic heterocycles. The first kappa shape index (κ1) is 14.5. The van der Waals surface area contributed by atoms with Crippen molar-refractivity contribution in [3.63, 3.8) is 0 Å². The third kappa shape index (κ3) is 3.01. The zero-order valence-corrected chi connectivity index (χ0v) is 13.2. The van der Waals surface area contributed by atoms with Crippen molar-refractivity contribution in [2.45, 2.75) is 31.8 Å². The third-order valence-corrected chi connectivity index (χ3v) is 4.95. The van der Waals surface area contributed by atoms with Crippen molar-refractivity contribution in [2.75, 3.05) is 19.6 Å². The number of aromatic nitrogens is 2. The standard InChI is InChI=1S/C18H22N4O/c23-17(13-21-10-14-4-1-2-5-15(14)11-21)22-9-3-6-16(12-22)18-19-7-8-20-18/h1-2,4-5,7-8,16H,3,6,9-13H2,(H,19,20)/t16-/m0/s1. The van der Waals surface area contributed by atoms with E-state index in [2.05, 4.69) is 39.1 Å². The van der Waals surface area contributed by atoms with E-state index in [1.54, 1.807) is 6.20 Å². The van der Waals surface area contributed by atoms with E-state index in [-0.39, 0.29) is 5.91 Å². The van der Waals surface area contributed by atoms with Gasteiger partial charge in [0, 0.05) is 44.5 Å². The fraction of sp³-hybridized carbons (Fsp3) is 0.444. The van der Waals surface area contributed by atoms with Gasteiger partial charge in [0.15, 0.2) is 0 Å². The Morgan fingerprint density at radius 2 is 2.04 bits per heavy atom. The average molecular weight is 310 g/mol. The Morgan fingerprint density at radius 1 is 1.26 bits per heavy atom. The Balaban J connectivity index is 1.36. The first-order chi connectivity index (χ1) is 11.3. The van der Waals surface area contributed by atoms with E-state index in [0.717, 1.165) is 44.8 Å². The van der Waals surface area contributed by atoms with Gasteiger partial charge in [-0.05, 0) is 24.0 Å². The Hall–Kier alpha value is -2.14. The minimum absolute atomic E-state index is 0.245. The predicted octanol–water partition coefficient (Wildman–Crippen LogP) is 2.13. The van der Waals surface area contributed by atoms with E-state index in [0.29, 0.717) is 12.5 Å². The third-order valence-electron chi connectivity index (χ3n) is 4.95. The van der Waals surface area contributed by atoms with Crippen LogP contribution in [0.1, 0.15) is 35.7 Å². The quantitative estimate of drug-likeness (QED) is 0.945. The summed E-state index contributed by atoms with van der Waals surface area (Å²) in [6.45, 7) is 3.94. The Bertz CT molecular complexity index is 657. The number of aromatic amines is 1. The number of benzene rings is 1. The molecule has 1 atom stereocenters. The van der Waals surface area contributed by atoms with Gasteiger partial charge < -0.3 is 9.88 Å². The lowest BCUT2D eigenvalue weighted by Gasteiger charge is -2.33. The number of carbonyl (C=O) groups is 1. The van der Waals surface area contributed by atoms with Gasteiger partial charge in [-0.1, -0.05) is 24.3 Å². The number of H-pyrrole nitrogens is 1. The summed E-state index contributed by atoms with van der Waals surface area (Å²) in [5.41, 5.74) is 2.71.